The van der Waals surface area contributed by atoms with Crippen molar-refractivity contribution in [3.05, 3.63) is 229 Å². The van der Waals surface area contributed by atoms with Crippen LogP contribution in [0.2, 0.25) is 0 Å². The third-order valence-corrected chi connectivity index (χ3v) is 14.5. The number of nitrogens with zero attached hydrogens (tertiary/aromatic N) is 2. The number of benzene rings is 10. The van der Waals surface area contributed by atoms with E-state index in [0.717, 1.165) is 81.1 Å². The molecule has 0 aliphatic heterocycles. The summed E-state index contributed by atoms with van der Waals surface area (Å²) in [5, 5.41) is 6.94. The van der Waals surface area contributed by atoms with Gasteiger partial charge in [0.05, 0.1) is 11.4 Å². The summed E-state index contributed by atoms with van der Waals surface area (Å²) in [7, 11) is 0. The summed E-state index contributed by atoms with van der Waals surface area (Å²) in [4.78, 5) is 4.91. The standard InChI is InChI=1S/C64H50N2O/c1-5-19-45(20-6-1)63-55-27-15-13-17-43(55)31-35-59(63)65(51-23-9-3-10-24-51)53-33-29-47-39-57-58-40-48-30-34-54(38-50(48)42-62(58)67-61(57)41-49(47)37-53)66(52-25-11-4-12-26-52)60-36-32-44-18-14-16-28-56(44)64(60)46-21-7-2-8-22-46/h1-12,19-26,29-42H,13-18,27-28H2. The molecular weight excluding hydrogens is 813 g/mol. The van der Waals surface area contributed by atoms with Crippen molar-refractivity contribution in [2.75, 3.05) is 9.80 Å². The second-order valence-electron chi connectivity index (χ2n) is 18.5. The highest BCUT2D eigenvalue weighted by atomic mass is 16.3. The van der Waals surface area contributed by atoms with Crippen LogP contribution in [-0.2, 0) is 25.7 Å². The van der Waals surface area contributed by atoms with Crippen molar-refractivity contribution < 1.29 is 4.42 Å². The Morgan fingerprint density at radius 3 is 1.15 bits per heavy atom. The van der Waals surface area contributed by atoms with E-state index in [1.165, 1.54) is 92.3 Å². The Morgan fingerprint density at radius 2 is 0.716 bits per heavy atom. The van der Waals surface area contributed by atoms with Crippen molar-refractivity contribution >= 4 is 77.6 Å². The van der Waals surface area contributed by atoms with Gasteiger partial charge in [0.1, 0.15) is 11.2 Å². The molecule has 0 atom stereocenters. The number of anilines is 6. The summed E-state index contributed by atoms with van der Waals surface area (Å²) in [6, 6.07) is 76.1. The smallest absolute Gasteiger partial charge is 0.136 e. The highest BCUT2D eigenvalue weighted by Crippen LogP contribution is 2.48. The van der Waals surface area contributed by atoms with Crippen LogP contribution in [0.4, 0.5) is 34.1 Å². The summed E-state index contributed by atoms with van der Waals surface area (Å²) in [6.45, 7) is 0. The van der Waals surface area contributed by atoms with Gasteiger partial charge in [0.2, 0.25) is 0 Å². The maximum Gasteiger partial charge on any atom is 0.136 e. The Morgan fingerprint density at radius 1 is 0.313 bits per heavy atom. The van der Waals surface area contributed by atoms with Crippen molar-refractivity contribution in [2.24, 2.45) is 0 Å². The Bertz CT molecular complexity index is 3390. The molecule has 13 rings (SSSR count). The Labute approximate surface area is 392 Å². The Kier molecular flexibility index (Phi) is 9.74. The number of fused-ring (bicyclic) bond motifs is 7. The first-order valence-electron chi connectivity index (χ1n) is 24.2. The molecule has 67 heavy (non-hydrogen) atoms. The fourth-order valence-electron chi connectivity index (χ4n) is 11.4. The molecule has 2 aliphatic rings. The molecule has 10 aromatic carbocycles. The normalized spacial score (nSPS) is 13.5. The quantitative estimate of drug-likeness (QED) is 0.152. The molecule has 2 aliphatic carbocycles. The highest BCUT2D eigenvalue weighted by Gasteiger charge is 2.26. The van der Waals surface area contributed by atoms with E-state index in [2.05, 4.69) is 216 Å². The fraction of sp³-hybridized carbons (Fsp3) is 0.125. The van der Waals surface area contributed by atoms with Crippen LogP contribution in [0.15, 0.2) is 211 Å². The fourth-order valence-corrected chi connectivity index (χ4v) is 11.4. The zero-order valence-corrected chi connectivity index (χ0v) is 37.6. The number of hydrogen-bond donors (Lipinski definition) is 0. The van der Waals surface area contributed by atoms with E-state index >= 15 is 0 Å². The maximum atomic E-state index is 6.86. The molecule has 1 heterocycles. The molecule has 0 saturated heterocycles. The van der Waals surface area contributed by atoms with Crippen molar-refractivity contribution in [3.63, 3.8) is 0 Å². The molecule has 0 radical (unpaired) electrons. The number of para-hydroxylation sites is 2. The maximum absolute atomic E-state index is 6.86. The molecule has 0 unspecified atom stereocenters. The third kappa shape index (κ3) is 6.96. The van der Waals surface area contributed by atoms with E-state index in [-0.39, 0.29) is 0 Å². The van der Waals surface area contributed by atoms with Crippen molar-refractivity contribution in [1.82, 2.24) is 0 Å². The van der Waals surface area contributed by atoms with Crippen LogP contribution in [0.5, 0.6) is 0 Å². The summed E-state index contributed by atoms with van der Waals surface area (Å²) in [5.74, 6) is 0. The largest absolute Gasteiger partial charge is 0.456 e. The predicted octanol–water partition coefficient (Wildman–Crippen LogP) is 17.9. The molecule has 0 amide bonds. The van der Waals surface area contributed by atoms with E-state index in [1.807, 2.05) is 0 Å². The van der Waals surface area contributed by atoms with Crippen LogP contribution in [-0.4, -0.2) is 0 Å². The average Bonchev–Trinajstić information content (AvgIpc) is 3.73. The molecule has 0 N–H and O–H groups in total. The zero-order valence-electron chi connectivity index (χ0n) is 37.6. The lowest BCUT2D eigenvalue weighted by molar-refractivity contribution is 0.670. The second kappa shape index (κ2) is 16.5. The monoisotopic (exact) mass is 862 g/mol. The first kappa shape index (κ1) is 39.5. The summed E-state index contributed by atoms with van der Waals surface area (Å²) in [5.41, 5.74) is 19.9. The van der Waals surface area contributed by atoms with Crippen molar-refractivity contribution in [3.8, 4) is 22.3 Å². The van der Waals surface area contributed by atoms with Gasteiger partial charge in [0.25, 0.3) is 0 Å². The van der Waals surface area contributed by atoms with Crippen molar-refractivity contribution in [2.45, 2.75) is 51.4 Å². The van der Waals surface area contributed by atoms with Gasteiger partial charge in [-0.05, 0) is 191 Å². The second-order valence-corrected chi connectivity index (χ2v) is 18.5. The van der Waals surface area contributed by atoms with Gasteiger partial charge in [-0.3, -0.25) is 0 Å². The van der Waals surface area contributed by atoms with Gasteiger partial charge >= 0.3 is 0 Å². The van der Waals surface area contributed by atoms with E-state index in [9.17, 15) is 0 Å². The highest BCUT2D eigenvalue weighted by molar-refractivity contribution is 6.14. The van der Waals surface area contributed by atoms with E-state index in [0.29, 0.717) is 0 Å². The van der Waals surface area contributed by atoms with Crippen LogP contribution in [0.3, 0.4) is 0 Å². The van der Waals surface area contributed by atoms with Crippen LogP contribution < -0.4 is 9.80 Å². The minimum atomic E-state index is 0.896. The number of furan rings is 1. The minimum Gasteiger partial charge on any atom is -0.456 e. The van der Waals surface area contributed by atoms with E-state index < -0.39 is 0 Å². The summed E-state index contributed by atoms with van der Waals surface area (Å²) >= 11 is 0. The molecule has 0 bridgehead atoms. The van der Waals surface area contributed by atoms with Crippen LogP contribution in [0, 0.1) is 0 Å². The van der Waals surface area contributed by atoms with Crippen LogP contribution in [0.1, 0.15) is 47.9 Å². The third-order valence-electron chi connectivity index (χ3n) is 14.5. The molecular formula is C64H50N2O. The molecule has 0 fully saturated rings. The SMILES string of the molecule is c1ccc(-c2c(N(c3ccccc3)c3ccc4cc5c(cc4c3)oc3cc4cc(N(c6ccccc6)c6ccc7c(c6-c6ccccc6)CCCC7)ccc4cc35)ccc3c2CCCC3)cc1. The number of hydrogen-bond acceptors (Lipinski definition) is 3. The number of rotatable bonds is 8. The van der Waals surface area contributed by atoms with Gasteiger partial charge in [-0.15, -0.1) is 0 Å². The summed E-state index contributed by atoms with van der Waals surface area (Å²) in [6.07, 6.45) is 9.41. The van der Waals surface area contributed by atoms with Gasteiger partial charge in [0.15, 0.2) is 0 Å². The molecule has 322 valence electrons. The molecule has 0 saturated carbocycles. The topological polar surface area (TPSA) is 19.6 Å². The lowest BCUT2D eigenvalue weighted by Crippen LogP contribution is -2.14. The van der Waals surface area contributed by atoms with Crippen LogP contribution in [0.25, 0.3) is 65.7 Å². The summed E-state index contributed by atoms with van der Waals surface area (Å²) < 4.78 is 6.86. The van der Waals surface area contributed by atoms with Crippen molar-refractivity contribution in [1.29, 1.82) is 0 Å². The van der Waals surface area contributed by atoms with Gasteiger partial charge in [-0.25, -0.2) is 0 Å². The van der Waals surface area contributed by atoms with Crippen LogP contribution >= 0.6 is 0 Å². The first-order chi connectivity index (χ1) is 33.2. The Balaban J connectivity index is 0.936. The van der Waals surface area contributed by atoms with E-state index in [4.69, 9.17) is 4.42 Å². The van der Waals surface area contributed by atoms with Gasteiger partial charge in [-0.1, -0.05) is 121 Å². The molecule has 3 heteroatoms. The average molecular weight is 863 g/mol. The Hall–Kier alpha value is -7.88. The van der Waals surface area contributed by atoms with E-state index in [1.54, 1.807) is 0 Å². The van der Waals surface area contributed by atoms with Gasteiger partial charge in [0, 0.05) is 44.6 Å². The van der Waals surface area contributed by atoms with Gasteiger partial charge in [-0.2, -0.15) is 0 Å². The lowest BCUT2D eigenvalue weighted by Gasteiger charge is -2.31. The molecule has 11 aromatic rings. The molecule has 3 nitrogen and oxygen atoms in total. The zero-order chi connectivity index (χ0) is 44.3. The minimum absolute atomic E-state index is 0.896. The van der Waals surface area contributed by atoms with Gasteiger partial charge < -0.3 is 14.2 Å². The number of aryl methyl sites for hydroxylation is 2. The lowest BCUT2D eigenvalue weighted by atomic mass is 9.84. The molecule has 0 spiro atoms. The molecule has 1 aromatic heterocycles. The first-order valence-corrected chi connectivity index (χ1v) is 24.2. The predicted molar refractivity (Wildman–Crippen MR) is 282 cm³/mol.